The van der Waals surface area contributed by atoms with Crippen LogP contribution in [0, 0.1) is 16.7 Å². The number of benzene rings is 2. The largest absolute Gasteiger partial charge is 0.497 e. The van der Waals surface area contributed by atoms with E-state index in [0.29, 0.717) is 5.75 Å². The Balaban J connectivity index is 2.05. The average Bonchev–Trinajstić information content (AvgIpc) is 3.32. The monoisotopic (exact) mass is 357 g/mol. The van der Waals surface area contributed by atoms with Crippen LogP contribution in [0.5, 0.6) is 5.75 Å². The van der Waals surface area contributed by atoms with Gasteiger partial charge in [-0.2, -0.15) is 5.26 Å². The molecule has 1 saturated carbocycles. The van der Waals surface area contributed by atoms with Crippen LogP contribution in [0.3, 0.4) is 0 Å². The summed E-state index contributed by atoms with van der Waals surface area (Å²) in [5.41, 5.74) is -0.290. The molecular formula is C19H19NO4S. The fourth-order valence-electron chi connectivity index (χ4n) is 3.48. The minimum absolute atomic E-state index is 0.0664. The number of hydrogen-bond acceptors (Lipinski definition) is 5. The van der Waals surface area contributed by atoms with Gasteiger partial charge in [-0.1, -0.05) is 30.3 Å². The smallest absolute Gasteiger partial charge is 0.183 e. The third kappa shape index (κ3) is 2.80. The van der Waals surface area contributed by atoms with Crippen molar-refractivity contribution in [3.05, 3.63) is 60.2 Å². The van der Waals surface area contributed by atoms with Crippen molar-refractivity contribution in [1.82, 2.24) is 0 Å². The molecule has 0 aromatic heterocycles. The van der Waals surface area contributed by atoms with Crippen molar-refractivity contribution in [2.45, 2.75) is 16.1 Å². The molecule has 25 heavy (non-hydrogen) atoms. The minimum atomic E-state index is -3.65. The van der Waals surface area contributed by atoms with Gasteiger partial charge in [-0.3, -0.25) is 0 Å². The highest BCUT2D eigenvalue weighted by Gasteiger charge is 2.72. The second-order valence-electron chi connectivity index (χ2n) is 6.11. The van der Waals surface area contributed by atoms with Crippen molar-refractivity contribution in [3.63, 3.8) is 0 Å². The first-order valence-electron chi connectivity index (χ1n) is 7.84. The lowest BCUT2D eigenvalue weighted by atomic mass is 10.0. The first kappa shape index (κ1) is 17.5. The van der Waals surface area contributed by atoms with E-state index in [1.165, 1.54) is 7.11 Å². The Morgan fingerprint density at radius 2 is 1.72 bits per heavy atom. The van der Waals surface area contributed by atoms with Crippen molar-refractivity contribution < 1.29 is 17.9 Å². The predicted molar refractivity (Wildman–Crippen MR) is 93.1 cm³/mol. The van der Waals surface area contributed by atoms with E-state index in [4.69, 9.17) is 9.47 Å². The van der Waals surface area contributed by atoms with Crippen LogP contribution in [0.4, 0.5) is 0 Å². The van der Waals surface area contributed by atoms with Crippen molar-refractivity contribution in [2.24, 2.45) is 5.41 Å². The van der Waals surface area contributed by atoms with Gasteiger partial charge in [0.1, 0.15) is 11.2 Å². The van der Waals surface area contributed by atoms with E-state index in [1.807, 2.05) is 12.1 Å². The van der Waals surface area contributed by atoms with Gasteiger partial charge in [0.05, 0.1) is 29.9 Å². The molecule has 0 aliphatic heterocycles. The number of methoxy groups -OCH3 is 2. The Hall–Kier alpha value is -2.36. The van der Waals surface area contributed by atoms with E-state index in [0.717, 1.165) is 5.56 Å². The molecule has 0 radical (unpaired) electrons. The summed E-state index contributed by atoms with van der Waals surface area (Å²) in [5, 5.41) is 8.95. The molecule has 2 aromatic carbocycles. The van der Waals surface area contributed by atoms with Crippen LogP contribution in [0.2, 0.25) is 0 Å². The van der Waals surface area contributed by atoms with Gasteiger partial charge in [0.15, 0.2) is 9.84 Å². The second-order valence-corrected chi connectivity index (χ2v) is 8.18. The predicted octanol–water partition coefficient (Wildman–Crippen LogP) is 2.79. The Morgan fingerprint density at radius 3 is 2.24 bits per heavy atom. The van der Waals surface area contributed by atoms with Gasteiger partial charge in [0.2, 0.25) is 0 Å². The number of hydrogen-bond donors (Lipinski definition) is 0. The highest BCUT2D eigenvalue weighted by molar-refractivity contribution is 7.92. The van der Waals surface area contributed by atoms with Gasteiger partial charge in [0, 0.05) is 13.0 Å². The Morgan fingerprint density at radius 1 is 1.08 bits per heavy atom. The molecule has 0 spiro atoms. The summed E-state index contributed by atoms with van der Waals surface area (Å²) in [4.78, 5) is 0.228. The van der Waals surface area contributed by atoms with Crippen LogP contribution < -0.4 is 4.74 Å². The van der Waals surface area contributed by atoms with Crippen LogP contribution in [0.1, 0.15) is 11.5 Å². The number of rotatable bonds is 6. The maximum absolute atomic E-state index is 13.1. The number of ether oxygens (including phenoxy) is 2. The molecule has 0 amide bonds. The van der Waals surface area contributed by atoms with Gasteiger partial charge >= 0.3 is 0 Å². The maximum atomic E-state index is 13.1. The molecular weight excluding hydrogens is 338 g/mol. The third-order valence-electron chi connectivity index (χ3n) is 4.73. The van der Waals surface area contributed by atoms with Crippen LogP contribution in [0.15, 0.2) is 59.5 Å². The SMILES string of the molecule is COC[C@@]1(C#N)[C@H](S(=O)(=O)c2ccccc2)[C@@H]1c1ccc(OC)cc1. The summed E-state index contributed by atoms with van der Waals surface area (Å²) in [6.45, 7) is 0.0664. The minimum Gasteiger partial charge on any atom is -0.497 e. The summed E-state index contributed by atoms with van der Waals surface area (Å²) in [5.74, 6) is 0.245. The Bertz CT molecular complexity index is 887. The van der Waals surface area contributed by atoms with E-state index in [1.54, 1.807) is 49.6 Å². The zero-order valence-electron chi connectivity index (χ0n) is 14.0. The summed E-state index contributed by atoms with van der Waals surface area (Å²) < 4.78 is 36.6. The molecule has 6 heteroatoms. The summed E-state index contributed by atoms with van der Waals surface area (Å²) in [6.07, 6.45) is 0. The zero-order chi connectivity index (χ0) is 18.1. The van der Waals surface area contributed by atoms with Gasteiger partial charge < -0.3 is 9.47 Å². The summed E-state index contributed by atoms with van der Waals surface area (Å²) in [6, 6.07) is 17.6. The quantitative estimate of drug-likeness (QED) is 0.794. The normalized spacial score (nSPS) is 25.2. The fraction of sp³-hybridized carbons (Fsp3) is 0.316. The van der Waals surface area contributed by atoms with E-state index < -0.39 is 26.4 Å². The fourth-order valence-corrected chi connectivity index (χ4v) is 5.81. The summed E-state index contributed by atoms with van der Waals surface area (Å²) >= 11 is 0. The molecule has 1 aliphatic rings. The van der Waals surface area contributed by atoms with Gasteiger partial charge in [-0.05, 0) is 29.8 Å². The van der Waals surface area contributed by atoms with Crippen LogP contribution >= 0.6 is 0 Å². The molecule has 1 fully saturated rings. The Labute approximate surface area is 147 Å². The topological polar surface area (TPSA) is 76.4 Å². The average molecular weight is 357 g/mol. The lowest BCUT2D eigenvalue weighted by Crippen LogP contribution is -2.19. The maximum Gasteiger partial charge on any atom is 0.183 e. The highest BCUT2D eigenvalue weighted by atomic mass is 32.2. The lowest BCUT2D eigenvalue weighted by Gasteiger charge is -2.08. The number of nitriles is 1. The standard InChI is InChI=1S/C19H19NO4S/c1-23-13-19(12-20)17(14-8-10-15(24-2)11-9-14)18(19)25(21,22)16-6-4-3-5-7-16/h3-11,17-18H,13H2,1-2H3/t17-,18+,19+/m0/s1. The first-order chi connectivity index (χ1) is 12.0. The molecule has 130 valence electrons. The van der Waals surface area contributed by atoms with Crippen molar-refractivity contribution in [1.29, 1.82) is 5.26 Å². The van der Waals surface area contributed by atoms with E-state index in [2.05, 4.69) is 6.07 Å². The molecule has 0 heterocycles. The highest BCUT2D eigenvalue weighted by Crippen LogP contribution is 2.63. The van der Waals surface area contributed by atoms with Gasteiger partial charge in [-0.15, -0.1) is 0 Å². The number of sulfone groups is 1. The second kappa shape index (κ2) is 6.51. The molecule has 2 aromatic rings. The molecule has 0 N–H and O–H groups in total. The molecule has 1 aliphatic carbocycles. The van der Waals surface area contributed by atoms with Crippen LogP contribution in [-0.4, -0.2) is 34.5 Å². The van der Waals surface area contributed by atoms with Crippen molar-refractivity contribution in [3.8, 4) is 11.8 Å². The van der Waals surface area contributed by atoms with Crippen molar-refractivity contribution >= 4 is 9.84 Å². The van der Waals surface area contributed by atoms with E-state index >= 15 is 0 Å². The van der Waals surface area contributed by atoms with Crippen LogP contribution in [-0.2, 0) is 14.6 Å². The van der Waals surface area contributed by atoms with Gasteiger partial charge in [-0.25, -0.2) is 8.42 Å². The third-order valence-corrected chi connectivity index (χ3v) is 7.02. The van der Waals surface area contributed by atoms with E-state index in [-0.39, 0.29) is 11.5 Å². The molecule has 0 unspecified atom stereocenters. The molecule has 3 atom stereocenters. The molecule has 5 nitrogen and oxygen atoms in total. The molecule has 0 saturated heterocycles. The van der Waals surface area contributed by atoms with Gasteiger partial charge in [0.25, 0.3) is 0 Å². The summed E-state index contributed by atoms with van der Waals surface area (Å²) in [7, 11) is -0.605. The lowest BCUT2D eigenvalue weighted by molar-refractivity contribution is 0.162. The Kier molecular flexibility index (Phi) is 4.55. The number of nitrogens with zero attached hydrogens (tertiary/aromatic N) is 1. The van der Waals surface area contributed by atoms with E-state index in [9.17, 15) is 13.7 Å². The zero-order valence-corrected chi connectivity index (χ0v) is 14.9. The first-order valence-corrected chi connectivity index (χ1v) is 9.39. The molecule has 3 rings (SSSR count). The van der Waals surface area contributed by atoms with Crippen LogP contribution in [0.25, 0.3) is 0 Å². The molecule has 0 bridgehead atoms. The van der Waals surface area contributed by atoms with Crippen molar-refractivity contribution in [2.75, 3.05) is 20.8 Å².